The van der Waals surface area contributed by atoms with Gasteiger partial charge in [-0.15, -0.1) is 0 Å². The molecule has 1 amide bonds. The average Bonchev–Trinajstić information content (AvgIpc) is 2.38. The highest BCUT2D eigenvalue weighted by Gasteiger charge is 2.00. The van der Waals surface area contributed by atoms with Crippen LogP contribution in [0.2, 0.25) is 0 Å². The Kier molecular flexibility index (Phi) is 3.99. The predicted molar refractivity (Wildman–Crippen MR) is 73.4 cm³/mol. The molecular weight excluding hydrogens is 294 g/mol. The summed E-state index contributed by atoms with van der Waals surface area (Å²) >= 11 is 3.38. The van der Waals surface area contributed by atoms with Gasteiger partial charge in [-0.1, -0.05) is 28.1 Å². The van der Waals surface area contributed by atoms with Crippen LogP contribution in [0.1, 0.15) is 15.9 Å². The molecule has 0 radical (unpaired) electrons. The molecule has 4 heteroatoms. The fraction of sp³-hybridized carbons (Fsp3) is 0.0714. The first-order valence-electron chi connectivity index (χ1n) is 5.42. The van der Waals surface area contributed by atoms with Crippen molar-refractivity contribution in [2.75, 3.05) is 0 Å². The third kappa shape index (κ3) is 3.34. The van der Waals surface area contributed by atoms with E-state index in [0.29, 0.717) is 17.9 Å². The summed E-state index contributed by atoms with van der Waals surface area (Å²) < 4.78 is 6.64. The van der Waals surface area contributed by atoms with Crippen molar-refractivity contribution in [3.8, 4) is 5.75 Å². The van der Waals surface area contributed by atoms with Gasteiger partial charge in [-0.25, -0.2) is 0 Å². The molecule has 2 rings (SSSR count). The van der Waals surface area contributed by atoms with Gasteiger partial charge in [-0.2, -0.15) is 0 Å². The lowest BCUT2D eigenvalue weighted by Gasteiger charge is -2.06. The molecule has 0 aliphatic heterocycles. The maximum atomic E-state index is 10.9. The van der Waals surface area contributed by atoms with Crippen LogP contribution >= 0.6 is 15.9 Å². The van der Waals surface area contributed by atoms with E-state index in [1.165, 1.54) is 0 Å². The number of rotatable bonds is 4. The number of primary amides is 1. The van der Waals surface area contributed by atoms with Gasteiger partial charge in [0.1, 0.15) is 12.4 Å². The van der Waals surface area contributed by atoms with Crippen LogP contribution in [0.4, 0.5) is 0 Å². The van der Waals surface area contributed by atoms with Gasteiger partial charge in [-0.05, 0) is 42.0 Å². The normalized spacial score (nSPS) is 10.1. The summed E-state index contributed by atoms with van der Waals surface area (Å²) in [4.78, 5) is 10.9. The Morgan fingerprint density at radius 3 is 2.22 bits per heavy atom. The van der Waals surface area contributed by atoms with Gasteiger partial charge >= 0.3 is 0 Å². The Balaban J connectivity index is 1.97. The molecule has 2 N–H and O–H groups in total. The van der Waals surface area contributed by atoms with Crippen LogP contribution in [0.5, 0.6) is 5.75 Å². The van der Waals surface area contributed by atoms with Gasteiger partial charge < -0.3 is 10.5 Å². The van der Waals surface area contributed by atoms with Crippen molar-refractivity contribution < 1.29 is 9.53 Å². The molecule has 0 heterocycles. The third-order valence-corrected chi connectivity index (χ3v) is 2.99. The number of benzene rings is 2. The van der Waals surface area contributed by atoms with Crippen LogP contribution in [-0.4, -0.2) is 5.91 Å². The minimum atomic E-state index is -0.436. The summed E-state index contributed by atoms with van der Waals surface area (Å²) in [6.07, 6.45) is 0. The fourth-order valence-corrected chi connectivity index (χ4v) is 1.73. The van der Waals surface area contributed by atoms with Crippen molar-refractivity contribution in [2.45, 2.75) is 6.61 Å². The monoisotopic (exact) mass is 305 g/mol. The van der Waals surface area contributed by atoms with Crippen molar-refractivity contribution >= 4 is 21.8 Å². The Hall–Kier alpha value is -1.81. The van der Waals surface area contributed by atoms with Gasteiger partial charge in [0, 0.05) is 10.0 Å². The van der Waals surface area contributed by atoms with Gasteiger partial charge in [0.25, 0.3) is 0 Å². The van der Waals surface area contributed by atoms with E-state index >= 15 is 0 Å². The molecule has 0 bridgehead atoms. The maximum Gasteiger partial charge on any atom is 0.248 e. The summed E-state index contributed by atoms with van der Waals surface area (Å²) in [5.41, 5.74) is 6.72. The molecule has 0 aromatic heterocycles. The molecule has 2 aromatic rings. The number of carbonyl (C=O) groups excluding carboxylic acids is 1. The largest absolute Gasteiger partial charge is 0.489 e. The van der Waals surface area contributed by atoms with Crippen LogP contribution in [0, 0.1) is 0 Å². The van der Waals surface area contributed by atoms with Gasteiger partial charge in [0.2, 0.25) is 5.91 Å². The summed E-state index contributed by atoms with van der Waals surface area (Å²) in [6.45, 7) is 0.489. The molecule has 18 heavy (non-hydrogen) atoms. The van der Waals surface area contributed by atoms with E-state index in [9.17, 15) is 4.79 Å². The lowest BCUT2D eigenvalue weighted by atomic mass is 10.2. The van der Waals surface area contributed by atoms with E-state index in [0.717, 1.165) is 10.0 Å². The number of halogens is 1. The summed E-state index contributed by atoms with van der Waals surface area (Å²) in [5.74, 6) is 0.275. The molecule has 0 atom stereocenters. The van der Waals surface area contributed by atoms with Crippen molar-refractivity contribution in [1.29, 1.82) is 0 Å². The van der Waals surface area contributed by atoms with E-state index in [1.807, 2.05) is 24.3 Å². The topological polar surface area (TPSA) is 52.3 Å². The molecule has 0 unspecified atom stereocenters. The zero-order valence-corrected chi connectivity index (χ0v) is 11.2. The number of hydrogen-bond acceptors (Lipinski definition) is 2. The minimum absolute atomic E-state index is 0.436. The highest BCUT2D eigenvalue weighted by atomic mass is 79.9. The molecule has 0 spiro atoms. The standard InChI is InChI=1S/C14H12BrNO2/c15-12-5-1-10(2-6-12)9-18-13-7-3-11(4-8-13)14(16)17/h1-8H,9H2,(H2,16,17). The quantitative estimate of drug-likeness (QED) is 0.943. The molecule has 92 valence electrons. The number of carbonyl (C=O) groups is 1. The molecule has 0 saturated heterocycles. The smallest absolute Gasteiger partial charge is 0.248 e. The number of ether oxygens (including phenoxy) is 1. The first-order chi connectivity index (χ1) is 8.65. The van der Waals surface area contributed by atoms with E-state index in [4.69, 9.17) is 10.5 Å². The lowest BCUT2D eigenvalue weighted by Crippen LogP contribution is -2.10. The van der Waals surface area contributed by atoms with Gasteiger partial charge in [-0.3, -0.25) is 4.79 Å². The van der Waals surface area contributed by atoms with Crippen molar-refractivity contribution in [2.24, 2.45) is 5.73 Å². The second-order valence-electron chi connectivity index (χ2n) is 3.80. The zero-order chi connectivity index (χ0) is 13.0. The van der Waals surface area contributed by atoms with Crippen molar-refractivity contribution in [3.63, 3.8) is 0 Å². The number of hydrogen-bond donors (Lipinski definition) is 1. The molecule has 0 aliphatic carbocycles. The summed E-state index contributed by atoms with van der Waals surface area (Å²) in [6, 6.07) is 14.7. The minimum Gasteiger partial charge on any atom is -0.489 e. The molecular formula is C14H12BrNO2. The Morgan fingerprint density at radius 2 is 1.67 bits per heavy atom. The van der Waals surface area contributed by atoms with Gasteiger partial charge in [0.15, 0.2) is 0 Å². The second kappa shape index (κ2) is 5.69. The third-order valence-electron chi connectivity index (χ3n) is 2.46. The van der Waals surface area contributed by atoms with Crippen LogP contribution < -0.4 is 10.5 Å². The second-order valence-corrected chi connectivity index (χ2v) is 4.72. The Bertz CT molecular complexity index is 535. The summed E-state index contributed by atoms with van der Waals surface area (Å²) in [5, 5.41) is 0. The number of nitrogens with two attached hydrogens (primary N) is 1. The first kappa shape index (κ1) is 12.6. The highest BCUT2D eigenvalue weighted by molar-refractivity contribution is 9.10. The maximum absolute atomic E-state index is 10.9. The van der Waals surface area contributed by atoms with Crippen molar-refractivity contribution in [1.82, 2.24) is 0 Å². The van der Waals surface area contributed by atoms with E-state index in [-0.39, 0.29) is 0 Å². The number of amides is 1. The van der Waals surface area contributed by atoms with Crippen LogP contribution in [0.3, 0.4) is 0 Å². The van der Waals surface area contributed by atoms with Gasteiger partial charge in [0.05, 0.1) is 0 Å². The molecule has 3 nitrogen and oxygen atoms in total. The van der Waals surface area contributed by atoms with Crippen LogP contribution in [0.25, 0.3) is 0 Å². The molecule has 0 aliphatic rings. The van der Waals surface area contributed by atoms with E-state index in [1.54, 1.807) is 24.3 Å². The Labute approximate surface area is 114 Å². The average molecular weight is 306 g/mol. The highest BCUT2D eigenvalue weighted by Crippen LogP contribution is 2.15. The van der Waals surface area contributed by atoms with E-state index in [2.05, 4.69) is 15.9 Å². The molecule has 0 fully saturated rings. The molecule has 2 aromatic carbocycles. The molecule has 0 saturated carbocycles. The van der Waals surface area contributed by atoms with Crippen molar-refractivity contribution in [3.05, 3.63) is 64.1 Å². The Morgan fingerprint density at radius 1 is 1.06 bits per heavy atom. The fourth-order valence-electron chi connectivity index (χ4n) is 1.46. The van der Waals surface area contributed by atoms with Crippen LogP contribution in [0.15, 0.2) is 53.0 Å². The lowest BCUT2D eigenvalue weighted by molar-refractivity contribution is 0.100. The first-order valence-corrected chi connectivity index (χ1v) is 6.21. The predicted octanol–water partition coefficient (Wildman–Crippen LogP) is 3.13. The summed E-state index contributed by atoms with van der Waals surface area (Å²) in [7, 11) is 0. The SMILES string of the molecule is NC(=O)c1ccc(OCc2ccc(Br)cc2)cc1. The van der Waals surface area contributed by atoms with E-state index < -0.39 is 5.91 Å². The zero-order valence-electron chi connectivity index (χ0n) is 9.60. The van der Waals surface area contributed by atoms with Crippen LogP contribution in [-0.2, 0) is 6.61 Å².